The van der Waals surface area contributed by atoms with Gasteiger partial charge in [0.15, 0.2) is 5.96 Å². The topological polar surface area (TPSA) is 48.9 Å². The van der Waals surface area contributed by atoms with Gasteiger partial charge in [0.25, 0.3) is 0 Å². The highest BCUT2D eigenvalue weighted by atomic mass is 19.4. The number of guanidine groups is 1. The van der Waals surface area contributed by atoms with Crippen molar-refractivity contribution in [2.45, 2.75) is 12.7 Å². The van der Waals surface area contributed by atoms with Crippen molar-refractivity contribution in [3.05, 3.63) is 29.8 Å². The van der Waals surface area contributed by atoms with Crippen LogP contribution in [0.1, 0.15) is 5.56 Å². The maximum atomic E-state index is 12.2. The van der Waals surface area contributed by atoms with Crippen molar-refractivity contribution < 1.29 is 17.9 Å². The molecule has 0 aliphatic heterocycles. The van der Waals surface area contributed by atoms with Gasteiger partial charge in [-0.25, -0.2) is 0 Å². The molecule has 0 aliphatic carbocycles. The third-order valence-corrected chi connectivity index (χ3v) is 3.08. The predicted molar refractivity (Wildman–Crippen MR) is 84.7 cm³/mol. The molecule has 23 heavy (non-hydrogen) atoms. The first-order valence-corrected chi connectivity index (χ1v) is 7.17. The second-order valence-corrected chi connectivity index (χ2v) is 5.05. The van der Waals surface area contributed by atoms with Crippen LogP contribution in [0.25, 0.3) is 0 Å². The van der Waals surface area contributed by atoms with Crippen LogP contribution in [0, 0.1) is 0 Å². The number of methoxy groups -OCH3 is 1. The highest BCUT2D eigenvalue weighted by Crippen LogP contribution is 2.15. The number of halogens is 3. The summed E-state index contributed by atoms with van der Waals surface area (Å²) in [6.07, 6.45) is -4.18. The molecule has 2 N–H and O–H groups in total. The molecular formula is C15H23F3N4O. The third kappa shape index (κ3) is 8.29. The fourth-order valence-corrected chi connectivity index (χ4v) is 1.90. The fourth-order valence-electron chi connectivity index (χ4n) is 1.90. The molecule has 1 aromatic rings. The Bertz CT molecular complexity index is 488. The van der Waals surface area contributed by atoms with E-state index in [0.29, 0.717) is 19.0 Å². The van der Waals surface area contributed by atoms with E-state index in [1.807, 2.05) is 24.3 Å². The number of rotatable bonds is 7. The highest BCUT2D eigenvalue weighted by Gasteiger charge is 2.28. The van der Waals surface area contributed by atoms with E-state index in [4.69, 9.17) is 4.74 Å². The van der Waals surface area contributed by atoms with Gasteiger partial charge in [0.2, 0.25) is 0 Å². The van der Waals surface area contributed by atoms with Crippen LogP contribution in [0.4, 0.5) is 13.2 Å². The second kappa shape index (κ2) is 9.24. The van der Waals surface area contributed by atoms with Crippen LogP contribution in [-0.2, 0) is 6.54 Å². The molecule has 1 rings (SSSR count). The lowest BCUT2D eigenvalue weighted by atomic mass is 10.2. The van der Waals surface area contributed by atoms with E-state index in [9.17, 15) is 13.2 Å². The number of alkyl halides is 3. The zero-order chi connectivity index (χ0) is 17.3. The molecule has 5 nitrogen and oxygen atoms in total. The second-order valence-electron chi connectivity index (χ2n) is 5.05. The van der Waals surface area contributed by atoms with Crippen molar-refractivity contribution in [2.75, 3.05) is 40.8 Å². The maximum Gasteiger partial charge on any atom is 0.401 e. The zero-order valence-electron chi connectivity index (χ0n) is 13.6. The summed E-state index contributed by atoms with van der Waals surface area (Å²) in [4.78, 5) is 5.25. The van der Waals surface area contributed by atoms with E-state index in [0.717, 1.165) is 11.3 Å². The van der Waals surface area contributed by atoms with Gasteiger partial charge in [0, 0.05) is 26.7 Å². The minimum absolute atomic E-state index is 0.267. The zero-order valence-corrected chi connectivity index (χ0v) is 13.6. The van der Waals surface area contributed by atoms with Gasteiger partial charge >= 0.3 is 6.18 Å². The average molecular weight is 332 g/mol. The molecule has 0 unspecified atom stereocenters. The van der Waals surface area contributed by atoms with Crippen LogP contribution in [0.3, 0.4) is 0 Å². The Labute approximate surface area is 134 Å². The van der Waals surface area contributed by atoms with Gasteiger partial charge in [0.1, 0.15) is 5.75 Å². The number of aliphatic imine (C=N–C) groups is 1. The Morgan fingerprint density at radius 2 is 1.87 bits per heavy atom. The fraction of sp³-hybridized carbons (Fsp3) is 0.533. The van der Waals surface area contributed by atoms with E-state index in [2.05, 4.69) is 15.6 Å². The van der Waals surface area contributed by atoms with Crippen LogP contribution in [0.15, 0.2) is 29.3 Å². The van der Waals surface area contributed by atoms with Crippen molar-refractivity contribution in [3.8, 4) is 5.75 Å². The Morgan fingerprint density at radius 3 is 2.39 bits per heavy atom. The van der Waals surface area contributed by atoms with Crippen LogP contribution in [-0.4, -0.2) is 57.9 Å². The van der Waals surface area contributed by atoms with Crippen LogP contribution < -0.4 is 15.4 Å². The molecule has 0 heterocycles. The Balaban J connectivity index is 2.31. The number of hydrogen-bond acceptors (Lipinski definition) is 3. The molecule has 1 aromatic carbocycles. The standard InChI is InChI=1S/C15H23F3N4O/c1-19-14(20-8-9-22(2)11-15(16,17)18)21-10-12-4-6-13(23-3)7-5-12/h4-7H,8-11H2,1-3H3,(H2,19,20,21). The lowest BCUT2D eigenvalue weighted by Crippen LogP contribution is -2.42. The summed E-state index contributed by atoms with van der Waals surface area (Å²) in [5.41, 5.74) is 1.04. The molecule has 0 atom stereocenters. The molecule has 0 amide bonds. The molecule has 0 aliphatic rings. The Hall–Kier alpha value is -1.96. The maximum absolute atomic E-state index is 12.2. The molecule has 0 saturated carbocycles. The predicted octanol–water partition coefficient (Wildman–Crippen LogP) is 1.85. The third-order valence-electron chi connectivity index (χ3n) is 3.08. The summed E-state index contributed by atoms with van der Waals surface area (Å²) in [7, 11) is 4.65. The van der Waals surface area contributed by atoms with Gasteiger partial charge in [-0.05, 0) is 24.7 Å². The quantitative estimate of drug-likeness (QED) is 0.591. The van der Waals surface area contributed by atoms with E-state index in [1.54, 1.807) is 14.2 Å². The smallest absolute Gasteiger partial charge is 0.401 e. The molecule has 0 bridgehead atoms. The summed E-state index contributed by atoms with van der Waals surface area (Å²) in [6, 6.07) is 7.57. The van der Waals surface area contributed by atoms with Gasteiger partial charge in [-0.2, -0.15) is 13.2 Å². The van der Waals surface area contributed by atoms with Gasteiger partial charge in [-0.3, -0.25) is 9.89 Å². The van der Waals surface area contributed by atoms with Crippen molar-refractivity contribution in [3.63, 3.8) is 0 Å². The SMILES string of the molecule is CN=C(NCCN(C)CC(F)(F)F)NCc1ccc(OC)cc1. The molecular weight excluding hydrogens is 309 g/mol. The Morgan fingerprint density at radius 1 is 1.22 bits per heavy atom. The average Bonchev–Trinajstić information content (AvgIpc) is 2.49. The summed E-state index contributed by atoms with van der Waals surface area (Å²) in [5, 5.41) is 6.09. The first-order chi connectivity index (χ1) is 10.8. The highest BCUT2D eigenvalue weighted by molar-refractivity contribution is 5.79. The monoisotopic (exact) mass is 332 g/mol. The largest absolute Gasteiger partial charge is 0.497 e. The van der Waals surface area contributed by atoms with Crippen LogP contribution >= 0.6 is 0 Å². The minimum atomic E-state index is -4.18. The van der Waals surface area contributed by atoms with E-state index >= 15 is 0 Å². The van der Waals surface area contributed by atoms with Crippen molar-refractivity contribution in [1.82, 2.24) is 15.5 Å². The summed E-state index contributed by atoms with van der Waals surface area (Å²) >= 11 is 0. The molecule has 0 aromatic heterocycles. The normalized spacial score (nSPS) is 12.4. The molecule has 0 radical (unpaired) electrons. The van der Waals surface area contributed by atoms with Gasteiger partial charge in [-0.15, -0.1) is 0 Å². The Kier molecular flexibility index (Phi) is 7.67. The number of ether oxygens (including phenoxy) is 1. The van der Waals surface area contributed by atoms with Crippen LogP contribution in [0.5, 0.6) is 5.75 Å². The first kappa shape index (κ1) is 19.1. The number of hydrogen-bond donors (Lipinski definition) is 2. The molecule has 130 valence electrons. The molecule has 8 heteroatoms. The van der Waals surface area contributed by atoms with Gasteiger partial charge in [0.05, 0.1) is 13.7 Å². The van der Waals surface area contributed by atoms with E-state index in [-0.39, 0.29) is 6.54 Å². The summed E-state index contributed by atoms with van der Waals surface area (Å²) < 4.78 is 41.7. The van der Waals surface area contributed by atoms with Crippen molar-refractivity contribution in [2.24, 2.45) is 4.99 Å². The van der Waals surface area contributed by atoms with Crippen molar-refractivity contribution in [1.29, 1.82) is 0 Å². The van der Waals surface area contributed by atoms with Crippen molar-refractivity contribution >= 4 is 5.96 Å². The summed E-state index contributed by atoms with van der Waals surface area (Å²) in [6.45, 7) is 0.270. The lowest BCUT2D eigenvalue weighted by Gasteiger charge is -2.19. The minimum Gasteiger partial charge on any atom is -0.497 e. The number of nitrogens with zero attached hydrogens (tertiary/aromatic N) is 2. The van der Waals surface area contributed by atoms with Crippen LogP contribution in [0.2, 0.25) is 0 Å². The first-order valence-electron chi connectivity index (χ1n) is 7.17. The number of benzene rings is 1. The van der Waals surface area contributed by atoms with Gasteiger partial charge < -0.3 is 15.4 Å². The van der Waals surface area contributed by atoms with Gasteiger partial charge in [-0.1, -0.05) is 12.1 Å². The van der Waals surface area contributed by atoms with E-state index < -0.39 is 12.7 Å². The molecule has 0 spiro atoms. The number of nitrogens with one attached hydrogen (secondary N) is 2. The lowest BCUT2D eigenvalue weighted by molar-refractivity contribution is -0.142. The van der Waals surface area contributed by atoms with E-state index in [1.165, 1.54) is 11.9 Å². The molecule has 0 saturated heterocycles. The summed E-state index contributed by atoms with van der Waals surface area (Å²) in [5.74, 6) is 1.32. The number of likely N-dealkylation sites (N-methyl/N-ethyl adjacent to an activating group) is 1. The molecule has 0 fully saturated rings.